The highest BCUT2D eigenvalue weighted by Crippen LogP contribution is 2.33. The van der Waals surface area contributed by atoms with Gasteiger partial charge in [0.25, 0.3) is 0 Å². The van der Waals surface area contributed by atoms with E-state index in [1.807, 2.05) is 25.6 Å². The molecule has 1 saturated heterocycles. The zero-order chi connectivity index (χ0) is 15.7. The van der Waals surface area contributed by atoms with Crippen LogP contribution in [0.5, 0.6) is 0 Å². The largest absolute Gasteiger partial charge is 0.472 e. The van der Waals surface area contributed by atoms with Gasteiger partial charge >= 0.3 is 0 Å². The number of furan rings is 1. The topological polar surface area (TPSA) is 69.3 Å². The molecule has 1 amide bonds. The monoisotopic (exact) mass is 303 g/mol. The van der Waals surface area contributed by atoms with Crippen molar-refractivity contribution in [3.8, 4) is 0 Å². The minimum absolute atomic E-state index is 0.0129. The molecule has 0 spiro atoms. The first-order chi connectivity index (χ1) is 10.6. The van der Waals surface area contributed by atoms with Gasteiger partial charge in [-0.2, -0.15) is 5.10 Å². The Bertz CT molecular complexity index is 660. The summed E-state index contributed by atoms with van der Waals surface area (Å²) in [5.41, 5.74) is 4.01. The number of hydrogen-bond donors (Lipinski definition) is 1. The lowest BCUT2D eigenvalue weighted by atomic mass is 10.00. The number of aromatic nitrogens is 2. The first-order valence-electron chi connectivity index (χ1n) is 7.48. The van der Waals surface area contributed by atoms with Crippen molar-refractivity contribution in [3.05, 3.63) is 41.1 Å². The summed E-state index contributed by atoms with van der Waals surface area (Å²) in [5.74, 6) is -0.0129. The maximum Gasteiger partial charge on any atom is 0.224 e. The fourth-order valence-electron chi connectivity index (χ4n) is 3.06. The Kier molecular flexibility index (Phi) is 4.02. The van der Waals surface area contributed by atoms with Crippen LogP contribution in [0.1, 0.15) is 35.0 Å². The van der Waals surface area contributed by atoms with Crippen LogP contribution < -0.4 is 5.32 Å². The van der Waals surface area contributed by atoms with Crippen LogP contribution in [0.15, 0.2) is 23.0 Å². The number of rotatable bonds is 4. The van der Waals surface area contributed by atoms with Crippen molar-refractivity contribution in [1.82, 2.24) is 15.1 Å². The van der Waals surface area contributed by atoms with E-state index < -0.39 is 0 Å². The fourth-order valence-corrected chi connectivity index (χ4v) is 3.06. The van der Waals surface area contributed by atoms with Crippen molar-refractivity contribution in [3.63, 3.8) is 0 Å². The minimum atomic E-state index is -0.123. The van der Waals surface area contributed by atoms with Crippen molar-refractivity contribution in [2.45, 2.75) is 38.8 Å². The Morgan fingerprint density at radius 1 is 1.50 bits per heavy atom. The molecule has 2 atom stereocenters. The first kappa shape index (κ1) is 14.8. The SMILES string of the molecule is Cc1nn(C)c(C)c1[C@H]1OCC[C@@H]1NC(=O)Cc1ccoc1. The Morgan fingerprint density at radius 2 is 2.32 bits per heavy atom. The smallest absolute Gasteiger partial charge is 0.224 e. The van der Waals surface area contributed by atoms with Crippen LogP contribution in [-0.2, 0) is 23.0 Å². The zero-order valence-corrected chi connectivity index (χ0v) is 13.1. The lowest BCUT2D eigenvalue weighted by Crippen LogP contribution is -2.38. The number of hydrogen-bond acceptors (Lipinski definition) is 4. The van der Waals surface area contributed by atoms with Crippen molar-refractivity contribution in [2.24, 2.45) is 7.05 Å². The van der Waals surface area contributed by atoms with Crippen LogP contribution in [0.3, 0.4) is 0 Å². The van der Waals surface area contributed by atoms with Crippen LogP contribution in [0, 0.1) is 13.8 Å². The molecule has 118 valence electrons. The van der Waals surface area contributed by atoms with Crippen LogP contribution in [0.4, 0.5) is 0 Å². The highest BCUT2D eigenvalue weighted by atomic mass is 16.5. The summed E-state index contributed by atoms with van der Waals surface area (Å²) in [4.78, 5) is 12.2. The summed E-state index contributed by atoms with van der Waals surface area (Å²) in [6.45, 7) is 4.66. The molecule has 3 heterocycles. The molecular formula is C16H21N3O3. The van der Waals surface area contributed by atoms with Crippen LogP contribution in [0.25, 0.3) is 0 Å². The molecule has 0 aliphatic carbocycles. The summed E-state index contributed by atoms with van der Waals surface area (Å²) in [7, 11) is 1.92. The second kappa shape index (κ2) is 5.96. The maximum absolute atomic E-state index is 12.2. The fraction of sp³-hybridized carbons (Fsp3) is 0.500. The summed E-state index contributed by atoms with van der Waals surface area (Å²) in [6, 6.07) is 1.79. The van der Waals surface area contributed by atoms with Gasteiger partial charge < -0.3 is 14.5 Å². The average molecular weight is 303 g/mol. The van der Waals surface area contributed by atoms with E-state index in [9.17, 15) is 4.79 Å². The number of nitrogens with one attached hydrogen (secondary N) is 1. The summed E-state index contributed by atoms with van der Waals surface area (Å²) in [5, 5.41) is 7.53. The first-order valence-corrected chi connectivity index (χ1v) is 7.48. The molecule has 0 aromatic carbocycles. The Morgan fingerprint density at radius 3 is 2.95 bits per heavy atom. The summed E-state index contributed by atoms with van der Waals surface area (Å²) < 4.78 is 12.7. The number of amides is 1. The number of aryl methyl sites for hydroxylation is 2. The molecule has 0 radical (unpaired) electrons. The standard InChI is InChI=1S/C16H21N3O3/c1-10-15(11(2)19(3)18-10)16-13(5-7-22-16)17-14(20)8-12-4-6-21-9-12/h4,6,9,13,16H,5,7-8H2,1-3H3,(H,17,20)/t13-,16-/m0/s1. The number of ether oxygens (including phenoxy) is 1. The summed E-state index contributed by atoms with van der Waals surface area (Å²) >= 11 is 0. The maximum atomic E-state index is 12.2. The minimum Gasteiger partial charge on any atom is -0.472 e. The van der Waals surface area contributed by atoms with E-state index in [0.29, 0.717) is 13.0 Å². The zero-order valence-electron chi connectivity index (χ0n) is 13.1. The van der Waals surface area contributed by atoms with Gasteiger partial charge in [0.15, 0.2) is 0 Å². The summed E-state index contributed by atoms with van der Waals surface area (Å²) in [6.07, 6.45) is 4.19. The molecule has 6 heteroatoms. The van der Waals surface area contributed by atoms with Crippen LogP contribution in [-0.4, -0.2) is 28.3 Å². The quantitative estimate of drug-likeness (QED) is 0.935. The van der Waals surface area contributed by atoms with Crippen molar-refractivity contribution < 1.29 is 13.9 Å². The van der Waals surface area contributed by atoms with Crippen LogP contribution in [0.2, 0.25) is 0 Å². The molecule has 0 saturated carbocycles. The molecule has 3 rings (SSSR count). The molecular weight excluding hydrogens is 282 g/mol. The van der Waals surface area contributed by atoms with E-state index in [-0.39, 0.29) is 18.1 Å². The average Bonchev–Trinajstić information content (AvgIpc) is 3.15. The molecule has 1 aliphatic heterocycles. The number of nitrogens with zero attached hydrogens (tertiary/aromatic N) is 2. The normalized spacial score (nSPS) is 21.2. The van der Waals surface area contributed by atoms with Gasteiger partial charge in [0.05, 0.1) is 30.7 Å². The Balaban J connectivity index is 1.72. The highest BCUT2D eigenvalue weighted by Gasteiger charge is 2.34. The molecule has 6 nitrogen and oxygen atoms in total. The molecule has 2 aromatic heterocycles. The van der Waals surface area contributed by atoms with Gasteiger partial charge in [-0.15, -0.1) is 0 Å². The van der Waals surface area contributed by atoms with Crippen molar-refractivity contribution in [2.75, 3.05) is 6.61 Å². The number of carbonyl (C=O) groups is 1. The Labute approximate surface area is 129 Å². The van der Waals surface area contributed by atoms with Crippen molar-refractivity contribution >= 4 is 5.91 Å². The van der Waals surface area contributed by atoms with E-state index in [4.69, 9.17) is 9.15 Å². The van der Waals surface area contributed by atoms with E-state index >= 15 is 0 Å². The molecule has 1 fully saturated rings. The lowest BCUT2D eigenvalue weighted by Gasteiger charge is -2.20. The molecule has 1 aliphatic rings. The third-order valence-electron chi connectivity index (χ3n) is 4.23. The second-order valence-corrected chi connectivity index (χ2v) is 5.77. The van der Waals surface area contributed by atoms with E-state index in [1.165, 1.54) is 0 Å². The molecule has 22 heavy (non-hydrogen) atoms. The van der Waals surface area contributed by atoms with Gasteiger partial charge in [0.1, 0.15) is 6.10 Å². The predicted octanol–water partition coefficient (Wildman–Crippen LogP) is 1.82. The van der Waals surface area contributed by atoms with Crippen LogP contribution >= 0.6 is 0 Å². The van der Waals surface area contributed by atoms with Gasteiger partial charge in [0.2, 0.25) is 5.91 Å². The lowest BCUT2D eigenvalue weighted by molar-refractivity contribution is -0.121. The van der Waals surface area contributed by atoms with Gasteiger partial charge in [-0.25, -0.2) is 0 Å². The third-order valence-corrected chi connectivity index (χ3v) is 4.23. The molecule has 2 aromatic rings. The van der Waals surface area contributed by atoms with Gasteiger partial charge in [-0.1, -0.05) is 0 Å². The van der Waals surface area contributed by atoms with E-state index in [2.05, 4.69) is 10.4 Å². The van der Waals surface area contributed by atoms with Gasteiger partial charge in [-0.05, 0) is 31.9 Å². The van der Waals surface area contributed by atoms with E-state index in [0.717, 1.165) is 28.9 Å². The van der Waals surface area contributed by atoms with Gasteiger partial charge in [-0.3, -0.25) is 9.48 Å². The van der Waals surface area contributed by atoms with Gasteiger partial charge in [0, 0.05) is 24.9 Å². The second-order valence-electron chi connectivity index (χ2n) is 5.77. The molecule has 1 N–H and O–H groups in total. The highest BCUT2D eigenvalue weighted by molar-refractivity contribution is 5.78. The Hall–Kier alpha value is -2.08. The molecule has 0 unspecified atom stereocenters. The van der Waals surface area contributed by atoms with Crippen molar-refractivity contribution in [1.29, 1.82) is 0 Å². The predicted molar refractivity (Wildman–Crippen MR) is 80.3 cm³/mol. The third kappa shape index (κ3) is 2.78. The van der Waals surface area contributed by atoms with E-state index in [1.54, 1.807) is 18.6 Å². The molecule has 0 bridgehead atoms. The number of carbonyl (C=O) groups excluding carboxylic acids is 1.